The molecule has 0 saturated carbocycles. The fraction of sp³-hybridized carbons (Fsp3) is 0.375. The maximum absolute atomic E-state index is 11.2. The Morgan fingerprint density at radius 1 is 1.29 bits per heavy atom. The van der Waals surface area contributed by atoms with E-state index in [-0.39, 0.29) is 17.6 Å². The predicted molar refractivity (Wildman–Crippen MR) is 79.9 cm³/mol. The van der Waals surface area contributed by atoms with Crippen molar-refractivity contribution in [2.75, 3.05) is 7.11 Å². The van der Waals surface area contributed by atoms with Gasteiger partial charge in [-0.2, -0.15) is 5.10 Å². The van der Waals surface area contributed by atoms with Crippen molar-refractivity contribution in [2.45, 2.75) is 32.8 Å². The number of ether oxygens (including phenoxy) is 1. The van der Waals surface area contributed by atoms with Crippen molar-refractivity contribution < 1.29 is 14.6 Å². The van der Waals surface area contributed by atoms with Gasteiger partial charge in [-0.25, -0.2) is 9.48 Å². The molecule has 1 aromatic carbocycles. The van der Waals surface area contributed by atoms with Crippen LogP contribution < -0.4 is 0 Å². The number of nitrogens with zero attached hydrogens (tertiary/aromatic N) is 2. The maximum atomic E-state index is 11.2. The summed E-state index contributed by atoms with van der Waals surface area (Å²) in [6.45, 7) is 6.64. The van der Waals surface area contributed by atoms with Crippen LogP contribution in [0.2, 0.25) is 0 Å². The molecule has 5 heteroatoms. The van der Waals surface area contributed by atoms with Gasteiger partial charge in [-0.3, -0.25) is 0 Å². The average molecular weight is 288 g/mol. The lowest BCUT2D eigenvalue weighted by atomic mass is 9.87. The molecular formula is C16H20N2O3. The molecule has 0 unspecified atom stereocenters. The minimum absolute atomic E-state index is 0.0736. The molecule has 0 saturated heterocycles. The zero-order valence-electron chi connectivity index (χ0n) is 12.8. The number of aromatic nitrogens is 2. The lowest BCUT2D eigenvalue weighted by molar-refractivity contribution is 0.0691. The molecule has 0 fully saturated rings. The number of carboxylic acid groups (broad SMARTS) is 1. The summed E-state index contributed by atoms with van der Waals surface area (Å²) in [5.74, 6) is -1.00. The van der Waals surface area contributed by atoms with Gasteiger partial charge in [0.25, 0.3) is 0 Å². The van der Waals surface area contributed by atoms with Crippen LogP contribution in [-0.2, 0) is 16.8 Å². The Morgan fingerprint density at radius 3 is 2.38 bits per heavy atom. The molecule has 0 bridgehead atoms. The molecule has 2 aromatic rings. The summed E-state index contributed by atoms with van der Waals surface area (Å²) in [4.78, 5) is 11.2. The molecule has 0 spiro atoms. The van der Waals surface area contributed by atoms with Gasteiger partial charge in [-0.1, -0.05) is 32.9 Å². The number of aromatic carboxylic acids is 1. The van der Waals surface area contributed by atoms with Gasteiger partial charge in [0.15, 0.2) is 0 Å². The van der Waals surface area contributed by atoms with Gasteiger partial charge in [0.2, 0.25) is 0 Å². The number of methoxy groups -OCH3 is 1. The zero-order valence-corrected chi connectivity index (χ0v) is 12.8. The van der Waals surface area contributed by atoms with E-state index in [0.717, 1.165) is 5.69 Å². The highest BCUT2D eigenvalue weighted by Crippen LogP contribution is 2.24. The largest absolute Gasteiger partial charge is 0.478 e. The van der Waals surface area contributed by atoms with E-state index in [4.69, 9.17) is 4.74 Å². The minimum Gasteiger partial charge on any atom is -0.478 e. The lowest BCUT2D eigenvalue weighted by Gasteiger charge is -2.19. The highest BCUT2D eigenvalue weighted by Gasteiger charge is 2.18. The first-order chi connectivity index (χ1) is 9.84. The summed E-state index contributed by atoms with van der Waals surface area (Å²) in [5, 5.41) is 13.4. The van der Waals surface area contributed by atoms with E-state index < -0.39 is 5.97 Å². The summed E-state index contributed by atoms with van der Waals surface area (Å²) >= 11 is 0. The van der Waals surface area contributed by atoms with E-state index in [0.29, 0.717) is 5.69 Å². The van der Waals surface area contributed by atoms with Gasteiger partial charge in [-0.15, -0.1) is 0 Å². The molecule has 0 aliphatic heterocycles. The Kier molecular flexibility index (Phi) is 4.14. The van der Waals surface area contributed by atoms with Crippen molar-refractivity contribution in [1.82, 2.24) is 9.78 Å². The third-order valence-electron chi connectivity index (χ3n) is 3.36. The monoisotopic (exact) mass is 288 g/mol. The first-order valence-electron chi connectivity index (χ1n) is 6.74. The smallest absolute Gasteiger partial charge is 0.339 e. The molecule has 0 aliphatic carbocycles. The van der Waals surface area contributed by atoms with Crippen molar-refractivity contribution in [2.24, 2.45) is 0 Å². The predicted octanol–water partition coefficient (Wildman–Crippen LogP) is 3.01. The van der Waals surface area contributed by atoms with Crippen molar-refractivity contribution in [3.63, 3.8) is 0 Å². The van der Waals surface area contributed by atoms with Crippen LogP contribution in [0.15, 0.2) is 30.5 Å². The molecular weight excluding hydrogens is 268 g/mol. The second-order valence-electron chi connectivity index (χ2n) is 5.95. The lowest BCUT2D eigenvalue weighted by Crippen LogP contribution is -2.12. The molecule has 5 nitrogen and oxygen atoms in total. The molecule has 0 atom stereocenters. The number of hydrogen-bond acceptors (Lipinski definition) is 3. The van der Waals surface area contributed by atoms with Crippen LogP contribution >= 0.6 is 0 Å². The summed E-state index contributed by atoms with van der Waals surface area (Å²) in [6.07, 6.45) is 1.36. The Hall–Kier alpha value is -2.14. The summed E-state index contributed by atoms with van der Waals surface area (Å²) in [7, 11) is 1.53. The first kappa shape index (κ1) is 15.3. The van der Waals surface area contributed by atoms with E-state index in [1.807, 2.05) is 24.3 Å². The van der Waals surface area contributed by atoms with Crippen molar-refractivity contribution in [1.29, 1.82) is 0 Å². The van der Waals surface area contributed by atoms with Crippen molar-refractivity contribution in [3.05, 3.63) is 47.3 Å². The molecule has 21 heavy (non-hydrogen) atoms. The highest BCUT2D eigenvalue weighted by molar-refractivity contribution is 5.88. The van der Waals surface area contributed by atoms with E-state index in [9.17, 15) is 9.90 Å². The Balaban J connectivity index is 2.44. The van der Waals surface area contributed by atoms with Gasteiger partial charge in [0, 0.05) is 7.11 Å². The molecule has 112 valence electrons. The SMILES string of the molecule is COCc1c(C(=O)O)cnn1-c1ccc(C(C)(C)C)cc1. The molecule has 1 N–H and O–H groups in total. The Bertz CT molecular complexity index is 637. The van der Waals surface area contributed by atoms with Crippen molar-refractivity contribution >= 4 is 5.97 Å². The number of carboxylic acids is 1. The maximum Gasteiger partial charge on any atom is 0.339 e. The molecule has 1 heterocycles. The quantitative estimate of drug-likeness (QED) is 0.939. The third kappa shape index (κ3) is 3.13. The van der Waals surface area contributed by atoms with Crippen LogP contribution in [-0.4, -0.2) is 28.0 Å². The standard InChI is InChI=1S/C16H20N2O3/c1-16(2,3)11-5-7-12(8-6-11)18-14(10-21-4)13(9-17-18)15(19)20/h5-9H,10H2,1-4H3,(H,19,20). The van der Waals surface area contributed by atoms with Crippen LogP contribution in [0.25, 0.3) is 5.69 Å². The Morgan fingerprint density at radius 2 is 1.90 bits per heavy atom. The van der Waals surface area contributed by atoms with Gasteiger partial charge in [0.1, 0.15) is 5.56 Å². The van der Waals surface area contributed by atoms with E-state index in [1.165, 1.54) is 18.9 Å². The summed E-state index contributed by atoms with van der Waals surface area (Å²) in [6, 6.07) is 7.96. The highest BCUT2D eigenvalue weighted by atomic mass is 16.5. The molecule has 2 rings (SSSR count). The number of hydrogen-bond donors (Lipinski definition) is 1. The van der Waals surface area contributed by atoms with Crippen LogP contribution in [0.3, 0.4) is 0 Å². The number of rotatable bonds is 4. The number of carbonyl (C=O) groups is 1. The summed E-state index contributed by atoms with van der Waals surface area (Å²) < 4.78 is 6.70. The fourth-order valence-corrected chi connectivity index (χ4v) is 2.15. The van der Waals surface area contributed by atoms with Crippen LogP contribution in [0, 0.1) is 0 Å². The van der Waals surface area contributed by atoms with Gasteiger partial charge >= 0.3 is 5.97 Å². The second kappa shape index (κ2) is 5.69. The van der Waals surface area contributed by atoms with Gasteiger partial charge in [-0.05, 0) is 23.1 Å². The molecule has 0 aliphatic rings. The topological polar surface area (TPSA) is 64.3 Å². The first-order valence-corrected chi connectivity index (χ1v) is 6.74. The average Bonchev–Trinajstić information content (AvgIpc) is 2.82. The summed E-state index contributed by atoms with van der Waals surface area (Å²) in [5.41, 5.74) is 2.81. The zero-order chi connectivity index (χ0) is 15.6. The minimum atomic E-state index is -1.00. The Labute approximate surface area is 124 Å². The fourth-order valence-electron chi connectivity index (χ4n) is 2.15. The third-order valence-corrected chi connectivity index (χ3v) is 3.36. The van der Waals surface area contributed by atoms with E-state index in [1.54, 1.807) is 4.68 Å². The van der Waals surface area contributed by atoms with Crippen LogP contribution in [0.4, 0.5) is 0 Å². The van der Waals surface area contributed by atoms with Gasteiger partial charge < -0.3 is 9.84 Å². The number of benzene rings is 1. The molecule has 0 radical (unpaired) electrons. The van der Waals surface area contributed by atoms with Crippen molar-refractivity contribution in [3.8, 4) is 5.69 Å². The molecule has 1 aromatic heterocycles. The normalized spacial score (nSPS) is 11.6. The molecule has 0 amide bonds. The van der Waals surface area contributed by atoms with Gasteiger partial charge in [0.05, 0.1) is 24.2 Å². The van der Waals surface area contributed by atoms with E-state index >= 15 is 0 Å². The van der Waals surface area contributed by atoms with Crippen LogP contribution in [0.1, 0.15) is 42.4 Å². The van der Waals surface area contributed by atoms with Crippen LogP contribution in [0.5, 0.6) is 0 Å². The second-order valence-corrected chi connectivity index (χ2v) is 5.95. The van der Waals surface area contributed by atoms with E-state index in [2.05, 4.69) is 25.9 Å².